The van der Waals surface area contributed by atoms with E-state index in [4.69, 9.17) is 0 Å². The third-order valence-electron chi connectivity index (χ3n) is 1.78. The molecule has 1 rings (SSSR count). The number of anilines is 1. The lowest BCUT2D eigenvalue weighted by Crippen LogP contribution is -2.19. The second kappa shape index (κ2) is 5.70. The fourth-order valence-corrected chi connectivity index (χ4v) is 1.69. The van der Waals surface area contributed by atoms with E-state index in [0.29, 0.717) is 11.7 Å². The highest BCUT2D eigenvalue weighted by Crippen LogP contribution is 2.01. The van der Waals surface area contributed by atoms with Gasteiger partial charge in [0.1, 0.15) is 0 Å². The minimum atomic E-state index is -0.725. The molecular formula is C9H15N3OS. The highest BCUT2D eigenvalue weighted by atomic mass is 32.2. The van der Waals surface area contributed by atoms with Crippen LogP contribution >= 0.6 is 0 Å². The maximum absolute atomic E-state index is 10.9. The Morgan fingerprint density at radius 3 is 2.71 bits per heavy atom. The van der Waals surface area contributed by atoms with E-state index in [9.17, 15) is 4.21 Å². The van der Waals surface area contributed by atoms with Crippen LogP contribution in [0.4, 0.5) is 5.95 Å². The Morgan fingerprint density at radius 1 is 1.50 bits per heavy atom. The van der Waals surface area contributed by atoms with Crippen LogP contribution in [-0.2, 0) is 10.8 Å². The van der Waals surface area contributed by atoms with Gasteiger partial charge in [-0.2, -0.15) is 0 Å². The molecule has 1 N–H and O–H groups in total. The van der Waals surface area contributed by atoms with Crippen LogP contribution in [0.1, 0.15) is 13.3 Å². The SMILES string of the molecule is CC(CCS(C)=O)Nc1ncccn1. The average molecular weight is 213 g/mol. The van der Waals surface area contributed by atoms with Crippen LogP contribution in [0.15, 0.2) is 18.5 Å². The second-order valence-electron chi connectivity index (χ2n) is 3.18. The summed E-state index contributed by atoms with van der Waals surface area (Å²) in [5.74, 6) is 1.34. The standard InChI is InChI=1S/C9H15N3OS/c1-8(4-7-14(2)13)12-9-10-5-3-6-11-9/h3,5-6,8H,4,7H2,1-2H3,(H,10,11,12). The Bertz CT molecular complexity index is 291. The van der Waals surface area contributed by atoms with Gasteiger partial charge in [-0.05, 0) is 19.4 Å². The van der Waals surface area contributed by atoms with E-state index >= 15 is 0 Å². The molecule has 0 radical (unpaired) electrons. The smallest absolute Gasteiger partial charge is 0.222 e. The normalized spacial score (nSPS) is 14.7. The molecule has 0 aliphatic rings. The van der Waals surface area contributed by atoms with Crippen molar-refractivity contribution in [1.29, 1.82) is 0 Å². The average Bonchev–Trinajstić information content (AvgIpc) is 2.16. The summed E-state index contributed by atoms with van der Waals surface area (Å²) in [6.07, 6.45) is 5.97. The maximum atomic E-state index is 10.9. The summed E-state index contributed by atoms with van der Waals surface area (Å²) in [5, 5.41) is 3.14. The highest BCUT2D eigenvalue weighted by molar-refractivity contribution is 7.84. The molecule has 2 atom stereocenters. The van der Waals surface area contributed by atoms with Crippen molar-refractivity contribution in [3.05, 3.63) is 18.5 Å². The van der Waals surface area contributed by atoms with E-state index in [2.05, 4.69) is 15.3 Å². The Labute approximate surface area is 86.6 Å². The van der Waals surface area contributed by atoms with Crippen molar-refractivity contribution in [1.82, 2.24) is 9.97 Å². The molecule has 0 aliphatic heterocycles. The van der Waals surface area contributed by atoms with Gasteiger partial charge < -0.3 is 5.32 Å². The molecule has 78 valence electrons. The summed E-state index contributed by atoms with van der Waals surface area (Å²) < 4.78 is 10.9. The summed E-state index contributed by atoms with van der Waals surface area (Å²) in [6.45, 7) is 2.03. The van der Waals surface area contributed by atoms with Crippen LogP contribution in [0.3, 0.4) is 0 Å². The van der Waals surface area contributed by atoms with Crippen molar-refractivity contribution >= 4 is 16.7 Å². The highest BCUT2D eigenvalue weighted by Gasteiger charge is 2.03. The molecule has 0 aliphatic carbocycles. The Balaban J connectivity index is 2.34. The molecule has 5 heteroatoms. The van der Waals surface area contributed by atoms with Crippen LogP contribution < -0.4 is 5.32 Å². The molecule has 0 aromatic carbocycles. The molecule has 14 heavy (non-hydrogen) atoms. The van der Waals surface area contributed by atoms with Crippen molar-refractivity contribution in [3.63, 3.8) is 0 Å². The van der Waals surface area contributed by atoms with Gasteiger partial charge in [0.2, 0.25) is 5.95 Å². The molecular weight excluding hydrogens is 198 g/mol. The fraction of sp³-hybridized carbons (Fsp3) is 0.556. The molecule has 0 saturated carbocycles. The third-order valence-corrected chi connectivity index (χ3v) is 2.59. The van der Waals surface area contributed by atoms with Gasteiger partial charge in [-0.15, -0.1) is 0 Å². The van der Waals surface area contributed by atoms with E-state index in [0.717, 1.165) is 6.42 Å². The Kier molecular flexibility index (Phi) is 4.52. The molecule has 4 nitrogen and oxygen atoms in total. The number of rotatable bonds is 5. The summed E-state index contributed by atoms with van der Waals surface area (Å²) in [5.41, 5.74) is 0. The zero-order chi connectivity index (χ0) is 10.4. The molecule has 0 bridgehead atoms. The first-order valence-electron chi connectivity index (χ1n) is 4.52. The molecule has 0 fully saturated rings. The first kappa shape index (κ1) is 11.1. The van der Waals surface area contributed by atoms with Gasteiger partial charge in [0, 0.05) is 41.2 Å². The minimum absolute atomic E-state index is 0.251. The van der Waals surface area contributed by atoms with Gasteiger partial charge in [0.15, 0.2) is 0 Å². The summed E-state index contributed by atoms with van der Waals surface area (Å²) in [6, 6.07) is 2.03. The van der Waals surface area contributed by atoms with Gasteiger partial charge in [0.25, 0.3) is 0 Å². The van der Waals surface area contributed by atoms with Crippen molar-refractivity contribution < 1.29 is 4.21 Å². The van der Waals surface area contributed by atoms with E-state index in [1.165, 1.54) is 0 Å². The van der Waals surface area contributed by atoms with Gasteiger partial charge in [-0.1, -0.05) is 0 Å². The van der Waals surface area contributed by atoms with Crippen molar-refractivity contribution in [2.45, 2.75) is 19.4 Å². The zero-order valence-corrected chi connectivity index (χ0v) is 9.25. The molecule has 2 unspecified atom stereocenters. The van der Waals surface area contributed by atoms with E-state index in [1.807, 2.05) is 6.92 Å². The molecule has 0 saturated heterocycles. The molecule has 1 aromatic rings. The molecule has 0 amide bonds. The first-order valence-corrected chi connectivity index (χ1v) is 6.25. The van der Waals surface area contributed by atoms with Crippen LogP contribution in [0.25, 0.3) is 0 Å². The van der Waals surface area contributed by atoms with Crippen LogP contribution in [0.5, 0.6) is 0 Å². The number of hydrogen-bond donors (Lipinski definition) is 1. The van der Waals surface area contributed by atoms with Crippen molar-refractivity contribution in [2.75, 3.05) is 17.3 Å². The monoisotopic (exact) mass is 213 g/mol. The predicted octanol–water partition coefficient (Wildman–Crippen LogP) is 1.05. The molecule has 1 heterocycles. The predicted molar refractivity (Wildman–Crippen MR) is 58.7 cm³/mol. The first-order chi connectivity index (χ1) is 6.68. The Hall–Kier alpha value is -0.970. The fourth-order valence-electron chi connectivity index (χ4n) is 1.01. The lowest BCUT2D eigenvalue weighted by Gasteiger charge is -2.12. The summed E-state index contributed by atoms with van der Waals surface area (Å²) >= 11 is 0. The number of hydrogen-bond acceptors (Lipinski definition) is 4. The van der Waals surface area contributed by atoms with Crippen LogP contribution in [0, 0.1) is 0 Å². The van der Waals surface area contributed by atoms with Gasteiger partial charge in [-0.3, -0.25) is 4.21 Å². The van der Waals surface area contributed by atoms with E-state index < -0.39 is 10.8 Å². The number of aromatic nitrogens is 2. The van der Waals surface area contributed by atoms with E-state index in [-0.39, 0.29) is 6.04 Å². The van der Waals surface area contributed by atoms with Crippen LogP contribution in [-0.4, -0.2) is 32.2 Å². The minimum Gasteiger partial charge on any atom is -0.352 e. The summed E-state index contributed by atoms with van der Waals surface area (Å²) in [7, 11) is -0.725. The molecule has 1 aromatic heterocycles. The Morgan fingerprint density at radius 2 is 2.14 bits per heavy atom. The molecule has 0 spiro atoms. The largest absolute Gasteiger partial charge is 0.352 e. The van der Waals surface area contributed by atoms with E-state index in [1.54, 1.807) is 24.7 Å². The van der Waals surface area contributed by atoms with Gasteiger partial charge >= 0.3 is 0 Å². The second-order valence-corrected chi connectivity index (χ2v) is 4.74. The zero-order valence-electron chi connectivity index (χ0n) is 8.43. The van der Waals surface area contributed by atoms with Gasteiger partial charge in [0.05, 0.1) is 0 Å². The lowest BCUT2D eigenvalue weighted by molar-refractivity contribution is 0.678. The third kappa shape index (κ3) is 4.32. The van der Waals surface area contributed by atoms with Crippen molar-refractivity contribution in [2.24, 2.45) is 0 Å². The number of nitrogens with one attached hydrogen (secondary N) is 1. The van der Waals surface area contributed by atoms with Gasteiger partial charge in [-0.25, -0.2) is 9.97 Å². The summed E-state index contributed by atoms with van der Waals surface area (Å²) in [4.78, 5) is 8.10. The van der Waals surface area contributed by atoms with Crippen LogP contribution in [0.2, 0.25) is 0 Å². The quantitative estimate of drug-likeness (QED) is 0.794. The maximum Gasteiger partial charge on any atom is 0.222 e. The van der Waals surface area contributed by atoms with Crippen molar-refractivity contribution in [3.8, 4) is 0 Å². The lowest BCUT2D eigenvalue weighted by atomic mass is 10.3. The topological polar surface area (TPSA) is 54.9 Å². The number of nitrogens with zero attached hydrogens (tertiary/aromatic N) is 2.